The Morgan fingerprint density at radius 1 is 1.00 bits per heavy atom. The Bertz CT molecular complexity index is 1320. The van der Waals surface area contributed by atoms with Crippen molar-refractivity contribution in [3.8, 4) is 39.9 Å². The second-order valence-electron chi connectivity index (χ2n) is 7.05. The van der Waals surface area contributed by atoms with Gasteiger partial charge in [-0.2, -0.15) is 0 Å². The van der Waals surface area contributed by atoms with Crippen LogP contribution in [0, 0.1) is 13.8 Å². The van der Waals surface area contributed by atoms with Gasteiger partial charge in [0.05, 0.1) is 28.6 Å². The molecular weight excluding hydrogens is 366 g/mol. The molecule has 0 bridgehead atoms. The highest BCUT2D eigenvalue weighted by molar-refractivity contribution is 5.89. The van der Waals surface area contributed by atoms with Gasteiger partial charge in [-0.1, -0.05) is 30.3 Å². The molecule has 0 fully saturated rings. The van der Waals surface area contributed by atoms with Gasteiger partial charge in [-0.05, 0) is 49.2 Å². The molecule has 3 aromatic heterocycles. The molecule has 0 radical (unpaired) electrons. The molecule has 5 aromatic rings. The first kappa shape index (κ1) is 17.2. The molecule has 3 heterocycles. The summed E-state index contributed by atoms with van der Waals surface area (Å²) in [5, 5.41) is 21.8. The summed E-state index contributed by atoms with van der Waals surface area (Å²) in [6, 6.07) is 17.0. The Morgan fingerprint density at radius 2 is 1.79 bits per heavy atom. The van der Waals surface area contributed by atoms with Crippen LogP contribution in [0.3, 0.4) is 0 Å². The monoisotopic (exact) mass is 385 g/mol. The van der Waals surface area contributed by atoms with Gasteiger partial charge in [0.2, 0.25) is 5.88 Å². The number of nitrogens with one attached hydrogen (secondary N) is 1. The van der Waals surface area contributed by atoms with E-state index in [1.165, 1.54) is 0 Å². The van der Waals surface area contributed by atoms with Crippen molar-refractivity contribution in [2.45, 2.75) is 13.8 Å². The SMILES string of the molecule is Cc1cc(-c2c(-c3ccccc3)c(O)c(O)n2-c2ccc3nc[nH]c3c2)oc1C. The third-order valence-corrected chi connectivity index (χ3v) is 5.24. The van der Waals surface area contributed by atoms with Crippen molar-refractivity contribution >= 4 is 11.0 Å². The molecule has 0 atom stereocenters. The fraction of sp³-hybridized carbons (Fsp3) is 0.0870. The minimum atomic E-state index is -0.246. The minimum absolute atomic E-state index is 0.192. The van der Waals surface area contributed by atoms with Crippen molar-refractivity contribution in [3.05, 3.63) is 72.2 Å². The van der Waals surface area contributed by atoms with Crippen molar-refractivity contribution < 1.29 is 14.6 Å². The lowest BCUT2D eigenvalue weighted by molar-refractivity contribution is 0.388. The van der Waals surface area contributed by atoms with Gasteiger partial charge in [0, 0.05) is 0 Å². The second kappa shape index (κ2) is 6.31. The Labute approximate surface area is 166 Å². The zero-order valence-corrected chi connectivity index (χ0v) is 16.0. The summed E-state index contributed by atoms with van der Waals surface area (Å²) in [6.45, 7) is 3.86. The zero-order valence-electron chi connectivity index (χ0n) is 16.0. The zero-order chi connectivity index (χ0) is 20.1. The molecule has 0 aliphatic rings. The molecule has 144 valence electrons. The van der Waals surface area contributed by atoms with Crippen LogP contribution in [0.5, 0.6) is 11.6 Å². The van der Waals surface area contributed by atoms with Gasteiger partial charge in [0.15, 0.2) is 11.5 Å². The highest BCUT2D eigenvalue weighted by Gasteiger charge is 2.28. The molecule has 3 N–H and O–H groups in total. The molecule has 0 unspecified atom stereocenters. The standard InChI is InChI=1S/C23H19N3O3/c1-13-10-19(29-14(13)2)21-20(15-6-4-3-5-7-15)22(27)23(28)26(21)16-8-9-17-18(11-16)25-12-24-17/h3-12,27-28H,1-2H3,(H,24,25). The van der Waals surface area contributed by atoms with Crippen LogP contribution < -0.4 is 0 Å². The van der Waals surface area contributed by atoms with Crippen LogP contribution in [-0.2, 0) is 0 Å². The Morgan fingerprint density at radius 3 is 2.52 bits per heavy atom. The van der Waals surface area contributed by atoms with Gasteiger partial charge < -0.3 is 19.6 Å². The average molecular weight is 385 g/mol. The van der Waals surface area contributed by atoms with Crippen LogP contribution in [0.4, 0.5) is 0 Å². The summed E-state index contributed by atoms with van der Waals surface area (Å²) in [7, 11) is 0. The quantitative estimate of drug-likeness (QED) is 0.393. The van der Waals surface area contributed by atoms with Crippen molar-refractivity contribution in [2.24, 2.45) is 0 Å². The number of fused-ring (bicyclic) bond motifs is 1. The number of hydrogen-bond donors (Lipinski definition) is 3. The summed E-state index contributed by atoms with van der Waals surface area (Å²) in [6.07, 6.45) is 1.62. The number of benzene rings is 2. The molecule has 0 aliphatic heterocycles. The normalized spacial score (nSPS) is 11.4. The van der Waals surface area contributed by atoms with E-state index in [4.69, 9.17) is 4.42 Å². The molecule has 0 saturated carbocycles. The van der Waals surface area contributed by atoms with E-state index in [1.54, 1.807) is 10.9 Å². The van der Waals surface area contributed by atoms with E-state index in [0.717, 1.165) is 27.9 Å². The van der Waals surface area contributed by atoms with Crippen LogP contribution in [0.25, 0.3) is 39.3 Å². The Hall–Kier alpha value is -3.93. The van der Waals surface area contributed by atoms with Gasteiger partial charge in [-0.3, -0.25) is 4.57 Å². The Balaban J connectivity index is 1.87. The van der Waals surface area contributed by atoms with Gasteiger partial charge in [0.25, 0.3) is 0 Å². The lowest BCUT2D eigenvalue weighted by Crippen LogP contribution is -1.97. The van der Waals surface area contributed by atoms with E-state index in [0.29, 0.717) is 22.7 Å². The number of aryl methyl sites for hydroxylation is 2. The molecule has 29 heavy (non-hydrogen) atoms. The van der Waals surface area contributed by atoms with Crippen molar-refractivity contribution in [2.75, 3.05) is 0 Å². The first-order valence-electron chi connectivity index (χ1n) is 9.27. The summed E-state index contributed by atoms with van der Waals surface area (Å²) in [5.74, 6) is 0.918. The lowest BCUT2D eigenvalue weighted by Gasteiger charge is -2.10. The molecule has 2 aromatic carbocycles. The van der Waals surface area contributed by atoms with Crippen LogP contribution >= 0.6 is 0 Å². The minimum Gasteiger partial charge on any atom is -0.503 e. The third-order valence-electron chi connectivity index (χ3n) is 5.24. The Kier molecular flexibility index (Phi) is 3.74. The number of furan rings is 1. The van der Waals surface area contributed by atoms with Crippen LogP contribution in [0.1, 0.15) is 11.3 Å². The summed E-state index contributed by atoms with van der Waals surface area (Å²) >= 11 is 0. The number of imidazole rings is 1. The molecule has 0 spiro atoms. The summed E-state index contributed by atoms with van der Waals surface area (Å²) < 4.78 is 7.61. The molecule has 6 nitrogen and oxygen atoms in total. The van der Waals surface area contributed by atoms with E-state index in [9.17, 15) is 10.2 Å². The van der Waals surface area contributed by atoms with Crippen LogP contribution in [-0.4, -0.2) is 24.7 Å². The number of aromatic hydroxyl groups is 2. The lowest BCUT2D eigenvalue weighted by atomic mass is 10.0. The van der Waals surface area contributed by atoms with Gasteiger partial charge in [-0.25, -0.2) is 4.98 Å². The van der Waals surface area contributed by atoms with E-state index in [1.807, 2.05) is 68.4 Å². The smallest absolute Gasteiger partial charge is 0.240 e. The van der Waals surface area contributed by atoms with E-state index in [2.05, 4.69) is 9.97 Å². The van der Waals surface area contributed by atoms with E-state index in [-0.39, 0.29) is 11.6 Å². The molecule has 0 amide bonds. The number of H-pyrrole nitrogens is 1. The summed E-state index contributed by atoms with van der Waals surface area (Å²) in [5.41, 5.74) is 5.20. The summed E-state index contributed by atoms with van der Waals surface area (Å²) in [4.78, 5) is 7.33. The van der Waals surface area contributed by atoms with Crippen LogP contribution in [0.15, 0.2) is 65.3 Å². The highest BCUT2D eigenvalue weighted by atomic mass is 16.3. The number of rotatable bonds is 3. The molecule has 0 saturated heterocycles. The molecule has 6 heteroatoms. The highest BCUT2D eigenvalue weighted by Crippen LogP contribution is 2.49. The van der Waals surface area contributed by atoms with Crippen molar-refractivity contribution in [1.29, 1.82) is 0 Å². The predicted octanol–water partition coefficient (Wildman–Crippen LogP) is 5.31. The largest absolute Gasteiger partial charge is 0.503 e. The van der Waals surface area contributed by atoms with Crippen molar-refractivity contribution in [1.82, 2.24) is 14.5 Å². The maximum Gasteiger partial charge on any atom is 0.240 e. The van der Waals surface area contributed by atoms with E-state index >= 15 is 0 Å². The van der Waals surface area contributed by atoms with Gasteiger partial charge >= 0.3 is 0 Å². The number of hydrogen-bond acceptors (Lipinski definition) is 4. The maximum absolute atomic E-state index is 10.9. The first-order valence-corrected chi connectivity index (χ1v) is 9.27. The average Bonchev–Trinajstić information content (AvgIpc) is 3.39. The number of aromatic amines is 1. The number of aromatic nitrogens is 3. The van der Waals surface area contributed by atoms with E-state index < -0.39 is 0 Å². The topological polar surface area (TPSA) is 87.2 Å². The van der Waals surface area contributed by atoms with Gasteiger partial charge in [-0.15, -0.1) is 0 Å². The maximum atomic E-state index is 10.9. The fourth-order valence-corrected chi connectivity index (χ4v) is 3.66. The predicted molar refractivity (Wildman–Crippen MR) is 111 cm³/mol. The molecule has 0 aliphatic carbocycles. The third kappa shape index (κ3) is 2.61. The second-order valence-corrected chi connectivity index (χ2v) is 7.05. The first-order chi connectivity index (χ1) is 14.0. The van der Waals surface area contributed by atoms with Crippen molar-refractivity contribution in [3.63, 3.8) is 0 Å². The molecule has 5 rings (SSSR count). The molecular formula is C23H19N3O3. The number of nitrogens with zero attached hydrogens (tertiary/aromatic N) is 2. The van der Waals surface area contributed by atoms with Gasteiger partial charge in [0.1, 0.15) is 11.5 Å². The van der Waals surface area contributed by atoms with Crippen LogP contribution in [0.2, 0.25) is 0 Å². The fourth-order valence-electron chi connectivity index (χ4n) is 3.66.